The number of carbonyl (C=O) groups is 2. The molecular weight excluding hydrogens is 430 g/mol. The van der Waals surface area contributed by atoms with Crippen LogP contribution in [0.3, 0.4) is 0 Å². The Kier molecular flexibility index (Phi) is 7.12. The van der Waals surface area contributed by atoms with Crippen LogP contribution in [-0.4, -0.2) is 46.1 Å². The number of piperidine rings is 1. The molecule has 0 spiro atoms. The van der Waals surface area contributed by atoms with Crippen molar-refractivity contribution < 1.29 is 19.5 Å². The third-order valence-corrected chi connectivity index (χ3v) is 6.55. The van der Waals surface area contributed by atoms with Crippen LogP contribution >= 0.6 is 0 Å². The zero-order chi connectivity index (χ0) is 24.2. The van der Waals surface area contributed by atoms with E-state index in [2.05, 4.69) is 37.0 Å². The van der Waals surface area contributed by atoms with Crippen molar-refractivity contribution in [1.82, 2.24) is 15.4 Å². The number of carbonyl (C=O) groups excluding carboxylic acids is 2. The van der Waals surface area contributed by atoms with Crippen molar-refractivity contribution in [2.45, 2.75) is 46.1 Å². The van der Waals surface area contributed by atoms with E-state index in [-0.39, 0.29) is 18.2 Å². The molecule has 0 bridgehead atoms. The van der Waals surface area contributed by atoms with Gasteiger partial charge in [-0.1, -0.05) is 18.2 Å². The first-order valence-corrected chi connectivity index (χ1v) is 11.7. The lowest BCUT2D eigenvalue weighted by Crippen LogP contribution is -2.46. The minimum Gasteiger partial charge on any atom is -0.481 e. The van der Waals surface area contributed by atoms with E-state index in [9.17, 15) is 9.59 Å². The first kappa shape index (κ1) is 23.7. The van der Waals surface area contributed by atoms with Gasteiger partial charge in [0.15, 0.2) is 6.10 Å². The Morgan fingerprint density at radius 2 is 1.97 bits per heavy atom. The maximum atomic E-state index is 13.0. The Hall–Kier alpha value is -3.45. The molecule has 4 rings (SSSR count). The van der Waals surface area contributed by atoms with Crippen molar-refractivity contribution in [2.24, 2.45) is 5.92 Å². The molecule has 7 nitrogen and oxygen atoms in total. The van der Waals surface area contributed by atoms with Crippen LogP contribution in [0.5, 0.6) is 5.75 Å². The highest BCUT2D eigenvalue weighted by atomic mass is 16.5. The van der Waals surface area contributed by atoms with Gasteiger partial charge in [0.1, 0.15) is 5.75 Å². The molecule has 2 aromatic carbocycles. The van der Waals surface area contributed by atoms with Crippen molar-refractivity contribution >= 4 is 22.7 Å². The fraction of sp³-hybridized carbons (Fsp3) is 0.370. The Bertz CT molecular complexity index is 1190. The zero-order valence-electron chi connectivity index (χ0n) is 19.9. The van der Waals surface area contributed by atoms with E-state index < -0.39 is 12.0 Å². The summed E-state index contributed by atoms with van der Waals surface area (Å²) in [6.07, 6.45) is 3.02. The van der Waals surface area contributed by atoms with Crippen molar-refractivity contribution in [1.29, 1.82) is 0 Å². The van der Waals surface area contributed by atoms with Gasteiger partial charge < -0.3 is 9.64 Å². The third kappa shape index (κ3) is 5.04. The summed E-state index contributed by atoms with van der Waals surface area (Å²) >= 11 is 0. The number of benzene rings is 2. The van der Waals surface area contributed by atoms with E-state index >= 15 is 0 Å². The number of hydroxylamine groups is 1. The Balaban J connectivity index is 1.50. The van der Waals surface area contributed by atoms with Crippen LogP contribution in [0.4, 0.5) is 0 Å². The van der Waals surface area contributed by atoms with E-state index in [0.29, 0.717) is 18.8 Å². The van der Waals surface area contributed by atoms with E-state index in [1.165, 1.54) is 16.7 Å². The lowest BCUT2D eigenvalue weighted by atomic mass is 9.93. The fourth-order valence-corrected chi connectivity index (χ4v) is 4.91. The normalized spacial score (nSPS) is 16.8. The number of likely N-dealkylation sites (tertiary alicyclic amines) is 1. The number of nitrogens with one attached hydrogen (secondary N) is 1. The topological polar surface area (TPSA) is 91.8 Å². The van der Waals surface area contributed by atoms with Crippen LogP contribution in [0.1, 0.15) is 37.3 Å². The van der Waals surface area contributed by atoms with Gasteiger partial charge in [0, 0.05) is 37.2 Å². The largest absolute Gasteiger partial charge is 0.481 e. The number of rotatable bonds is 6. The number of ether oxygens (including phenoxy) is 1. The van der Waals surface area contributed by atoms with Gasteiger partial charge in [0.05, 0.1) is 5.52 Å². The molecule has 1 aromatic heterocycles. The number of hydrogen-bond donors (Lipinski definition) is 2. The second kappa shape index (κ2) is 10.2. The molecule has 1 aliphatic rings. The number of amides is 2. The van der Waals surface area contributed by atoms with E-state index in [4.69, 9.17) is 9.94 Å². The molecule has 34 heavy (non-hydrogen) atoms. The number of hydrogen-bond acceptors (Lipinski definition) is 5. The Morgan fingerprint density at radius 3 is 2.71 bits per heavy atom. The highest BCUT2D eigenvalue weighted by Crippen LogP contribution is 2.34. The van der Waals surface area contributed by atoms with Gasteiger partial charge in [-0.05, 0) is 80.0 Å². The van der Waals surface area contributed by atoms with Crippen LogP contribution in [0.15, 0.2) is 48.7 Å². The summed E-state index contributed by atoms with van der Waals surface area (Å²) in [7, 11) is 0. The summed E-state index contributed by atoms with van der Waals surface area (Å²) < 4.78 is 6.02. The molecule has 0 radical (unpaired) electrons. The molecule has 2 atom stereocenters. The molecule has 1 aliphatic heterocycles. The second-order valence-corrected chi connectivity index (χ2v) is 9.10. The fourth-order valence-electron chi connectivity index (χ4n) is 4.91. The highest BCUT2D eigenvalue weighted by Gasteiger charge is 2.29. The average molecular weight is 462 g/mol. The first-order valence-electron chi connectivity index (χ1n) is 11.7. The van der Waals surface area contributed by atoms with Crippen LogP contribution in [-0.2, 0) is 9.59 Å². The minimum absolute atomic E-state index is 0.0326. The van der Waals surface area contributed by atoms with Crippen molar-refractivity contribution in [3.63, 3.8) is 0 Å². The first-order chi connectivity index (χ1) is 16.4. The summed E-state index contributed by atoms with van der Waals surface area (Å²) in [6, 6.07) is 14.1. The minimum atomic E-state index is -0.662. The number of aryl methyl sites for hydroxylation is 2. The smallest absolute Gasteiger partial charge is 0.263 e. The molecule has 7 heteroatoms. The summed E-state index contributed by atoms with van der Waals surface area (Å²) in [6.45, 7) is 7.10. The summed E-state index contributed by atoms with van der Waals surface area (Å²) in [5.41, 5.74) is 7.24. The monoisotopic (exact) mass is 461 g/mol. The average Bonchev–Trinajstić information content (AvgIpc) is 2.83. The van der Waals surface area contributed by atoms with Gasteiger partial charge in [0.2, 0.25) is 5.91 Å². The van der Waals surface area contributed by atoms with Crippen LogP contribution in [0.2, 0.25) is 0 Å². The summed E-state index contributed by atoms with van der Waals surface area (Å²) in [4.78, 5) is 30.8. The number of pyridine rings is 1. The van der Waals surface area contributed by atoms with Crippen LogP contribution in [0, 0.1) is 19.8 Å². The molecule has 3 aromatic rings. The molecule has 1 saturated heterocycles. The zero-order valence-corrected chi connectivity index (χ0v) is 19.9. The molecule has 0 saturated carbocycles. The SMILES string of the molecule is Cc1cccc(C)c1-c1ccnc2cc(OC(C)C(=O)N3CCC[C@H](CC(=O)NO)C3)ccc12. The second-order valence-electron chi connectivity index (χ2n) is 9.10. The quantitative estimate of drug-likeness (QED) is 0.419. The van der Waals surface area contributed by atoms with Gasteiger partial charge in [-0.2, -0.15) is 0 Å². The molecule has 2 amide bonds. The number of fused-ring (bicyclic) bond motifs is 1. The standard InChI is InChI=1S/C27H31N3O4/c1-17-6-4-7-18(2)26(17)23-11-12-28-24-15-21(9-10-22(23)24)34-19(3)27(32)30-13-5-8-20(16-30)14-25(31)29-33/h4,6-7,9-12,15,19-20,33H,5,8,13-14,16H2,1-3H3,(H,29,31)/t19?,20-/m1/s1. The predicted molar refractivity (Wildman–Crippen MR) is 131 cm³/mol. The molecular formula is C27H31N3O4. The van der Waals surface area contributed by atoms with Gasteiger partial charge >= 0.3 is 0 Å². The molecule has 2 N–H and O–H groups in total. The van der Waals surface area contributed by atoms with E-state index in [1.54, 1.807) is 23.5 Å². The van der Waals surface area contributed by atoms with Gasteiger partial charge in [0.25, 0.3) is 5.91 Å². The Morgan fingerprint density at radius 1 is 1.21 bits per heavy atom. The lowest BCUT2D eigenvalue weighted by molar-refractivity contribution is -0.141. The summed E-state index contributed by atoms with van der Waals surface area (Å²) in [5.74, 6) is 0.0944. The molecule has 0 aliphatic carbocycles. The highest BCUT2D eigenvalue weighted by molar-refractivity contribution is 5.96. The number of aromatic nitrogens is 1. The molecule has 2 heterocycles. The van der Waals surface area contributed by atoms with E-state index in [0.717, 1.165) is 29.3 Å². The molecule has 178 valence electrons. The van der Waals surface area contributed by atoms with Gasteiger partial charge in [-0.3, -0.25) is 19.8 Å². The Labute approximate surface area is 199 Å². The lowest BCUT2D eigenvalue weighted by Gasteiger charge is -2.34. The van der Waals surface area contributed by atoms with E-state index in [1.807, 2.05) is 24.3 Å². The third-order valence-electron chi connectivity index (χ3n) is 6.55. The maximum Gasteiger partial charge on any atom is 0.263 e. The molecule has 1 unspecified atom stereocenters. The molecule has 1 fully saturated rings. The van der Waals surface area contributed by atoms with Crippen LogP contribution < -0.4 is 10.2 Å². The number of nitrogens with zero attached hydrogens (tertiary/aromatic N) is 2. The van der Waals surface area contributed by atoms with Gasteiger partial charge in [-0.25, -0.2) is 5.48 Å². The predicted octanol–water partition coefficient (Wildman–Crippen LogP) is 4.42. The maximum absolute atomic E-state index is 13.0. The van der Waals surface area contributed by atoms with Crippen molar-refractivity contribution in [2.75, 3.05) is 13.1 Å². The van der Waals surface area contributed by atoms with Crippen molar-refractivity contribution in [3.8, 4) is 16.9 Å². The summed E-state index contributed by atoms with van der Waals surface area (Å²) in [5, 5.41) is 9.81. The van der Waals surface area contributed by atoms with Gasteiger partial charge in [-0.15, -0.1) is 0 Å². The van der Waals surface area contributed by atoms with Crippen molar-refractivity contribution in [3.05, 3.63) is 59.8 Å². The van der Waals surface area contributed by atoms with Crippen LogP contribution in [0.25, 0.3) is 22.0 Å².